The van der Waals surface area contributed by atoms with Crippen molar-refractivity contribution in [1.29, 1.82) is 0 Å². The van der Waals surface area contributed by atoms with Gasteiger partial charge >= 0.3 is 0 Å². The van der Waals surface area contributed by atoms with Crippen LogP contribution in [0.25, 0.3) is 0 Å². The molecule has 0 aliphatic carbocycles. The van der Waals surface area contributed by atoms with E-state index < -0.39 is 0 Å². The molecule has 0 saturated carbocycles. The molecule has 0 radical (unpaired) electrons. The van der Waals surface area contributed by atoms with Crippen LogP contribution in [0.15, 0.2) is 18.7 Å². The van der Waals surface area contributed by atoms with Gasteiger partial charge in [0, 0.05) is 14.1 Å². The van der Waals surface area contributed by atoms with Crippen LogP contribution in [0.3, 0.4) is 0 Å². The molecule has 1 heterocycles. The summed E-state index contributed by atoms with van der Waals surface area (Å²) in [6.07, 6.45) is 5.82. The van der Waals surface area contributed by atoms with E-state index in [1.807, 2.05) is 53.9 Å². The maximum Gasteiger partial charge on any atom is 0.269 e. The molecule has 0 unspecified atom stereocenters. The topological polar surface area (TPSA) is 12.1 Å². The standard InChI is InChI=1S/C7H12N3S/c1-8(2)7(11)10-5-4-9(3)6-10/h4-6H,1-3H3/q+1. The van der Waals surface area contributed by atoms with E-state index in [2.05, 4.69) is 0 Å². The summed E-state index contributed by atoms with van der Waals surface area (Å²) in [4.78, 5) is 1.90. The molecule has 0 saturated heterocycles. The minimum absolute atomic E-state index is 0.797. The van der Waals surface area contributed by atoms with Gasteiger partial charge in [0.2, 0.25) is 0 Å². The number of rotatable bonds is 0. The minimum atomic E-state index is 0.797. The molecule has 11 heavy (non-hydrogen) atoms. The van der Waals surface area contributed by atoms with Crippen LogP contribution in [0.5, 0.6) is 0 Å². The van der Waals surface area contributed by atoms with Gasteiger partial charge in [0.15, 0.2) is 0 Å². The van der Waals surface area contributed by atoms with Gasteiger partial charge in [0.25, 0.3) is 11.4 Å². The number of aryl methyl sites for hydroxylation is 1. The molecular weight excluding hydrogens is 158 g/mol. The van der Waals surface area contributed by atoms with Crippen molar-refractivity contribution in [3.8, 4) is 0 Å². The van der Waals surface area contributed by atoms with Gasteiger partial charge in [0.05, 0.1) is 7.05 Å². The van der Waals surface area contributed by atoms with E-state index in [-0.39, 0.29) is 0 Å². The molecular formula is C7H12N3S+. The van der Waals surface area contributed by atoms with Gasteiger partial charge in [-0.05, 0) is 12.2 Å². The summed E-state index contributed by atoms with van der Waals surface area (Å²) in [7, 11) is 5.83. The molecule has 0 aliphatic heterocycles. The van der Waals surface area contributed by atoms with Crippen molar-refractivity contribution in [3.63, 3.8) is 0 Å². The number of imidazole rings is 1. The van der Waals surface area contributed by atoms with Crippen LogP contribution in [-0.2, 0) is 7.05 Å². The van der Waals surface area contributed by atoms with Crippen LogP contribution >= 0.6 is 12.2 Å². The van der Waals surface area contributed by atoms with Crippen LogP contribution in [-0.4, -0.2) is 28.7 Å². The van der Waals surface area contributed by atoms with Crippen molar-refractivity contribution < 1.29 is 4.57 Å². The van der Waals surface area contributed by atoms with Crippen molar-refractivity contribution >= 4 is 17.3 Å². The summed E-state index contributed by atoms with van der Waals surface area (Å²) in [6, 6.07) is 0. The van der Waals surface area contributed by atoms with Crippen LogP contribution in [0, 0.1) is 0 Å². The molecule has 0 N–H and O–H groups in total. The highest BCUT2D eigenvalue weighted by Gasteiger charge is 2.07. The molecule has 0 atom stereocenters. The van der Waals surface area contributed by atoms with E-state index >= 15 is 0 Å². The smallest absolute Gasteiger partial charge is 0.269 e. The summed E-state index contributed by atoms with van der Waals surface area (Å²) < 4.78 is 3.85. The summed E-state index contributed by atoms with van der Waals surface area (Å²) in [5.41, 5.74) is 0. The molecule has 0 bridgehead atoms. The third-order valence-corrected chi connectivity index (χ3v) is 1.95. The predicted molar refractivity (Wildman–Crippen MR) is 47.3 cm³/mol. The minimum Gasteiger partial charge on any atom is -0.336 e. The zero-order valence-electron chi connectivity index (χ0n) is 6.98. The first kappa shape index (κ1) is 8.20. The fourth-order valence-corrected chi connectivity index (χ4v) is 0.902. The summed E-state index contributed by atoms with van der Waals surface area (Å²) in [6.45, 7) is 0. The zero-order chi connectivity index (χ0) is 8.43. The molecule has 60 valence electrons. The maximum atomic E-state index is 5.13. The van der Waals surface area contributed by atoms with E-state index in [9.17, 15) is 0 Å². The highest BCUT2D eigenvalue weighted by Crippen LogP contribution is 1.88. The van der Waals surface area contributed by atoms with Gasteiger partial charge in [-0.15, -0.1) is 0 Å². The quantitative estimate of drug-likeness (QED) is 0.401. The Morgan fingerprint density at radius 1 is 1.55 bits per heavy atom. The second-order valence-electron chi connectivity index (χ2n) is 2.66. The molecule has 0 fully saturated rings. The summed E-state index contributed by atoms with van der Waals surface area (Å²) >= 11 is 5.13. The van der Waals surface area contributed by atoms with Gasteiger partial charge in [-0.3, -0.25) is 0 Å². The Morgan fingerprint density at radius 3 is 2.55 bits per heavy atom. The van der Waals surface area contributed by atoms with Crippen LogP contribution < -0.4 is 4.57 Å². The van der Waals surface area contributed by atoms with Gasteiger partial charge in [-0.25, -0.2) is 4.57 Å². The lowest BCUT2D eigenvalue weighted by Crippen LogP contribution is -2.29. The second-order valence-corrected chi connectivity index (χ2v) is 3.03. The fourth-order valence-electron chi connectivity index (χ4n) is 0.794. The zero-order valence-corrected chi connectivity index (χ0v) is 7.80. The molecule has 0 amide bonds. The third-order valence-electron chi connectivity index (χ3n) is 1.37. The molecule has 1 aromatic rings. The van der Waals surface area contributed by atoms with Crippen LogP contribution in [0.2, 0.25) is 0 Å². The largest absolute Gasteiger partial charge is 0.336 e. The van der Waals surface area contributed by atoms with E-state index in [0.717, 1.165) is 5.11 Å². The van der Waals surface area contributed by atoms with Gasteiger partial charge in [0.1, 0.15) is 12.4 Å². The van der Waals surface area contributed by atoms with Crippen molar-refractivity contribution in [2.24, 2.45) is 7.05 Å². The number of nitrogens with zero attached hydrogens (tertiary/aromatic N) is 3. The normalized spacial score (nSPS) is 9.73. The lowest BCUT2D eigenvalue weighted by atomic mass is 10.8. The van der Waals surface area contributed by atoms with Crippen LogP contribution in [0.1, 0.15) is 0 Å². The van der Waals surface area contributed by atoms with Crippen molar-refractivity contribution in [2.45, 2.75) is 0 Å². The summed E-state index contributed by atoms with van der Waals surface area (Å²) in [5, 5.41) is 0.797. The SMILES string of the molecule is CN(C)C(=S)n1cc[n+](C)c1. The Kier molecular flexibility index (Phi) is 2.24. The monoisotopic (exact) mass is 170 g/mol. The first-order chi connectivity index (χ1) is 5.11. The molecule has 0 aromatic carbocycles. The molecule has 4 heteroatoms. The fraction of sp³-hybridized carbons (Fsp3) is 0.429. The highest BCUT2D eigenvalue weighted by molar-refractivity contribution is 7.80. The predicted octanol–water partition coefficient (Wildman–Crippen LogP) is 0.00720. The maximum absolute atomic E-state index is 5.13. The average molecular weight is 170 g/mol. The Hall–Kier alpha value is -0.900. The van der Waals surface area contributed by atoms with E-state index in [4.69, 9.17) is 12.2 Å². The van der Waals surface area contributed by atoms with Crippen molar-refractivity contribution in [3.05, 3.63) is 18.7 Å². The molecule has 0 spiro atoms. The lowest BCUT2D eigenvalue weighted by Gasteiger charge is -2.07. The molecule has 1 rings (SSSR count). The van der Waals surface area contributed by atoms with Crippen LogP contribution in [0.4, 0.5) is 0 Å². The first-order valence-corrected chi connectivity index (χ1v) is 3.77. The molecule has 3 nitrogen and oxygen atoms in total. The molecule has 0 aliphatic rings. The van der Waals surface area contributed by atoms with Gasteiger partial charge in [-0.2, -0.15) is 4.57 Å². The van der Waals surface area contributed by atoms with Crippen molar-refractivity contribution in [2.75, 3.05) is 14.1 Å². The van der Waals surface area contributed by atoms with E-state index in [1.165, 1.54) is 0 Å². The number of thiocarbonyl (C=S) groups is 1. The van der Waals surface area contributed by atoms with E-state index in [0.29, 0.717) is 0 Å². The van der Waals surface area contributed by atoms with Gasteiger partial charge in [-0.1, -0.05) is 0 Å². The Morgan fingerprint density at radius 2 is 2.18 bits per heavy atom. The molecule has 1 aromatic heterocycles. The van der Waals surface area contributed by atoms with Crippen molar-refractivity contribution in [1.82, 2.24) is 9.47 Å². The highest BCUT2D eigenvalue weighted by atomic mass is 32.1. The van der Waals surface area contributed by atoms with Gasteiger partial charge < -0.3 is 4.90 Å². The first-order valence-electron chi connectivity index (χ1n) is 3.36. The number of aromatic nitrogens is 2. The number of hydrogen-bond donors (Lipinski definition) is 0. The number of hydrogen-bond acceptors (Lipinski definition) is 1. The Labute approximate surface area is 71.9 Å². The summed E-state index contributed by atoms with van der Waals surface area (Å²) in [5.74, 6) is 0. The Bertz CT molecular complexity index is 264. The third kappa shape index (κ3) is 1.77. The second kappa shape index (κ2) is 3.00. The van der Waals surface area contributed by atoms with E-state index in [1.54, 1.807) is 0 Å². The lowest BCUT2D eigenvalue weighted by molar-refractivity contribution is -0.670. The average Bonchev–Trinajstić information content (AvgIpc) is 2.34. The Balaban J connectivity index is 2.85.